The number of rotatable bonds is 6. The van der Waals surface area contributed by atoms with Crippen LogP contribution in [0.5, 0.6) is 0 Å². The van der Waals surface area contributed by atoms with Crippen LogP contribution < -0.4 is 15.6 Å². The van der Waals surface area contributed by atoms with Gasteiger partial charge in [-0.2, -0.15) is 4.98 Å². The highest BCUT2D eigenvalue weighted by Crippen LogP contribution is 2.37. The van der Waals surface area contributed by atoms with Crippen molar-refractivity contribution in [1.82, 2.24) is 24.5 Å². The normalized spacial score (nSPS) is 16.1. The Morgan fingerprint density at radius 2 is 2.03 bits per heavy atom. The van der Waals surface area contributed by atoms with Gasteiger partial charge in [0, 0.05) is 32.1 Å². The first-order valence-electron chi connectivity index (χ1n) is 10.4. The van der Waals surface area contributed by atoms with Crippen molar-refractivity contribution < 1.29 is 9.18 Å². The van der Waals surface area contributed by atoms with Crippen LogP contribution in [-0.2, 0) is 4.79 Å². The zero-order valence-corrected chi connectivity index (χ0v) is 18.7. The second kappa shape index (κ2) is 8.83. The van der Waals surface area contributed by atoms with E-state index in [2.05, 4.69) is 16.5 Å². The molecule has 170 valence electrons. The molecule has 3 aromatic rings. The van der Waals surface area contributed by atoms with Crippen LogP contribution in [0.3, 0.4) is 0 Å². The maximum atomic E-state index is 13.4. The third kappa shape index (κ3) is 3.85. The van der Waals surface area contributed by atoms with Crippen LogP contribution in [0, 0.1) is 5.82 Å². The van der Waals surface area contributed by atoms with Crippen LogP contribution in [-0.4, -0.2) is 50.6 Å². The fourth-order valence-corrected chi connectivity index (χ4v) is 3.86. The molecular formula is C23H25FN8O. The summed E-state index contributed by atoms with van der Waals surface area (Å²) < 4.78 is 15.1. The minimum Gasteiger partial charge on any atom is -0.309 e. The lowest BCUT2D eigenvalue weighted by atomic mass is 10.1. The molecule has 0 saturated heterocycles. The van der Waals surface area contributed by atoms with E-state index in [1.807, 2.05) is 6.92 Å². The first-order chi connectivity index (χ1) is 15.9. The summed E-state index contributed by atoms with van der Waals surface area (Å²) in [6.45, 7) is 5.71. The number of carbonyl (C=O) groups excluding carboxylic acids is 1. The molecular weight excluding hydrogens is 423 g/mol. The lowest BCUT2D eigenvalue weighted by Crippen LogP contribution is -2.54. The Bertz CT molecular complexity index is 1220. The number of hydrazine groups is 1. The molecule has 1 aliphatic heterocycles. The van der Waals surface area contributed by atoms with Crippen molar-refractivity contribution >= 4 is 17.4 Å². The summed E-state index contributed by atoms with van der Waals surface area (Å²) >= 11 is 0. The van der Waals surface area contributed by atoms with Crippen LogP contribution in [0.25, 0.3) is 17.3 Å². The Morgan fingerprint density at radius 1 is 1.30 bits per heavy atom. The molecule has 4 rings (SSSR count). The molecule has 2 N–H and O–H groups in total. The first-order valence-corrected chi connectivity index (χ1v) is 10.4. The maximum Gasteiger partial charge on any atom is 0.250 e. The van der Waals surface area contributed by atoms with Gasteiger partial charge in [-0.15, -0.1) is 0 Å². The Kier molecular flexibility index (Phi) is 5.93. The second-order valence-corrected chi connectivity index (χ2v) is 7.57. The van der Waals surface area contributed by atoms with E-state index in [0.717, 1.165) is 0 Å². The molecule has 0 spiro atoms. The second-order valence-electron chi connectivity index (χ2n) is 7.57. The number of allylic oxidation sites excluding steroid dienone is 2. The van der Waals surface area contributed by atoms with Gasteiger partial charge in [-0.1, -0.05) is 19.6 Å². The molecule has 0 bridgehead atoms. The monoisotopic (exact) mass is 448 g/mol. The summed E-state index contributed by atoms with van der Waals surface area (Å²) in [4.78, 5) is 30.2. The summed E-state index contributed by atoms with van der Waals surface area (Å²) in [5.74, 6) is 7.70. The number of carbonyl (C=O) groups is 1. The van der Waals surface area contributed by atoms with E-state index >= 15 is 0 Å². The Balaban J connectivity index is 1.89. The quantitative estimate of drug-likeness (QED) is 0.352. The number of fused-ring (bicyclic) bond motifs is 1. The summed E-state index contributed by atoms with van der Waals surface area (Å²) in [5, 5.41) is 1.43. The van der Waals surface area contributed by atoms with E-state index in [4.69, 9.17) is 10.8 Å². The molecule has 0 radical (unpaired) electrons. The van der Waals surface area contributed by atoms with Crippen molar-refractivity contribution in [2.45, 2.75) is 19.4 Å². The zero-order valence-electron chi connectivity index (χ0n) is 18.7. The van der Waals surface area contributed by atoms with Crippen molar-refractivity contribution in [2.24, 2.45) is 5.84 Å². The van der Waals surface area contributed by atoms with Gasteiger partial charge in [0.1, 0.15) is 29.2 Å². The molecule has 1 amide bonds. The molecule has 10 heteroatoms. The van der Waals surface area contributed by atoms with Crippen LogP contribution in [0.15, 0.2) is 67.4 Å². The van der Waals surface area contributed by atoms with Crippen LogP contribution in [0.1, 0.15) is 13.3 Å². The number of anilines is 2. The highest BCUT2D eigenvalue weighted by Gasteiger charge is 2.39. The molecule has 1 aromatic carbocycles. The smallest absolute Gasteiger partial charge is 0.250 e. The summed E-state index contributed by atoms with van der Waals surface area (Å²) in [5.41, 5.74) is 1.26. The van der Waals surface area contributed by atoms with Gasteiger partial charge in [0.05, 0.1) is 6.20 Å². The molecule has 9 nitrogen and oxygen atoms in total. The third-order valence-electron chi connectivity index (χ3n) is 5.47. The molecule has 33 heavy (non-hydrogen) atoms. The standard InChI is InChI=1S/C23H25FN8O/c1-5-7-19(30(4)25)32-17(6-2)22(33)29(3)18-14-27-23(28-21(18)32)31-13-12-26-20(31)15-8-10-16(24)11-9-15/h5,7-14,17H,1,6,25H2,2-4H3/b19-7+. The van der Waals surface area contributed by atoms with Crippen LogP contribution in [0.2, 0.25) is 0 Å². The average Bonchev–Trinajstić information content (AvgIpc) is 3.30. The van der Waals surface area contributed by atoms with E-state index in [1.54, 1.807) is 71.3 Å². The van der Waals surface area contributed by atoms with E-state index in [0.29, 0.717) is 41.1 Å². The number of amides is 1. The highest BCUT2D eigenvalue weighted by molar-refractivity contribution is 6.05. The summed E-state index contributed by atoms with van der Waals surface area (Å²) in [6.07, 6.45) is 8.84. The van der Waals surface area contributed by atoms with Crippen molar-refractivity contribution in [2.75, 3.05) is 23.9 Å². The summed E-state index contributed by atoms with van der Waals surface area (Å²) in [6, 6.07) is 5.53. The predicted octanol–water partition coefficient (Wildman–Crippen LogP) is 2.86. The van der Waals surface area contributed by atoms with E-state index in [1.165, 1.54) is 17.1 Å². The number of hydrogen-bond donors (Lipinski definition) is 1. The lowest BCUT2D eigenvalue weighted by Gasteiger charge is -2.42. The minimum absolute atomic E-state index is 0.0900. The predicted molar refractivity (Wildman–Crippen MR) is 125 cm³/mol. The topological polar surface area (TPSA) is 96.4 Å². The SMILES string of the molecule is C=C/C=C(\N(C)N)N1c2nc(-n3ccnc3-c3ccc(F)cc3)ncc2N(C)C(=O)C1CC. The van der Waals surface area contributed by atoms with Gasteiger partial charge in [0.15, 0.2) is 5.82 Å². The number of imidazole rings is 1. The number of aromatic nitrogens is 4. The van der Waals surface area contributed by atoms with Crippen molar-refractivity contribution in [3.05, 3.63) is 73.2 Å². The molecule has 1 unspecified atom stereocenters. The molecule has 1 aliphatic rings. The van der Waals surface area contributed by atoms with Crippen molar-refractivity contribution in [1.29, 1.82) is 0 Å². The van der Waals surface area contributed by atoms with Gasteiger partial charge in [0.2, 0.25) is 11.9 Å². The van der Waals surface area contributed by atoms with Crippen molar-refractivity contribution in [3.8, 4) is 17.3 Å². The molecule has 0 saturated carbocycles. The fourth-order valence-electron chi connectivity index (χ4n) is 3.86. The molecule has 2 aromatic heterocycles. The number of likely N-dealkylation sites (N-methyl/N-ethyl adjacent to an activating group) is 1. The Labute approximate surface area is 191 Å². The largest absolute Gasteiger partial charge is 0.309 e. The van der Waals surface area contributed by atoms with Crippen LogP contribution in [0.4, 0.5) is 15.9 Å². The average molecular weight is 449 g/mol. The Morgan fingerprint density at radius 3 is 2.67 bits per heavy atom. The highest BCUT2D eigenvalue weighted by atomic mass is 19.1. The minimum atomic E-state index is -0.512. The number of benzene rings is 1. The fraction of sp³-hybridized carbons (Fsp3) is 0.217. The van der Waals surface area contributed by atoms with Gasteiger partial charge < -0.3 is 4.90 Å². The van der Waals surface area contributed by atoms with E-state index in [9.17, 15) is 9.18 Å². The third-order valence-corrected chi connectivity index (χ3v) is 5.47. The molecule has 3 heterocycles. The van der Waals surface area contributed by atoms with Gasteiger partial charge in [0.25, 0.3) is 0 Å². The first kappa shape index (κ1) is 22.2. The Hall–Kier alpha value is -4.05. The lowest BCUT2D eigenvalue weighted by molar-refractivity contribution is -0.120. The van der Waals surface area contributed by atoms with Gasteiger partial charge >= 0.3 is 0 Å². The van der Waals surface area contributed by atoms with Gasteiger partial charge in [-0.05, 0) is 36.8 Å². The zero-order chi connectivity index (χ0) is 23.7. The number of nitrogens with zero attached hydrogens (tertiary/aromatic N) is 7. The number of halogens is 1. The van der Waals surface area contributed by atoms with E-state index < -0.39 is 6.04 Å². The van der Waals surface area contributed by atoms with Crippen LogP contribution >= 0.6 is 0 Å². The van der Waals surface area contributed by atoms with Gasteiger partial charge in [-0.25, -0.2) is 20.2 Å². The molecule has 0 fully saturated rings. The number of nitrogens with two attached hydrogens (primary N) is 1. The van der Waals surface area contributed by atoms with Gasteiger partial charge in [-0.3, -0.25) is 19.3 Å². The molecule has 1 atom stereocenters. The summed E-state index contributed by atoms with van der Waals surface area (Å²) in [7, 11) is 3.39. The van der Waals surface area contributed by atoms with Crippen molar-refractivity contribution in [3.63, 3.8) is 0 Å². The molecule has 0 aliphatic carbocycles. The maximum absolute atomic E-state index is 13.4. The number of hydrogen-bond acceptors (Lipinski definition) is 7. The van der Waals surface area contributed by atoms with E-state index in [-0.39, 0.29) is 11.7 Å².